The van der Waals surface area contributed by atoms with Gasteiger partial charge in [-0.3, -0.25) is 14.2 Å². The van der Waals surface area contributed by atoms with Gasteiger partial charge in [0.15, 0.2) is 5.82 Å². The summed E-state index contributed by atoms with van der Waals surface area (Å²) in [6, 6.07) is 15.6. The molecule has 2 unspecified atom stereocenters. The van der Waals surface area contributed by atoms with E-state index in [9.17, 15) is 14.7 Å². The second kappa shape index (κ2) is 6.32. The Bertz CT molecular complexity index is 1070. The van der Waals surface area contributed by atoms with Gasteiger partial charge in [0.25, 0.3) is 5.56 Å². The van der Waals surface area contributed by atoms with E-state index in [0.29, 0.717) is 10.9 Å². The highest BCUT2D eigenvalue weighted by Gasteiger charge is 2.46. The molecule has 0 spiro atoms. The first-order valence-corrected chi connectivity index (χ1v) is 9.01. The van der Waals surface area contributed by atoms with Crippen LogP contribution in [0, 0.1) is 5.92 Å². The number of carbonyl (C=O) groups is 1. The van der Waals surface area contributed by atoms with Crippen molar-refractivity contribution < 1.29 is 9.90 Å². The Morgan fingerprint density at radius 3 is 2.48 bits per heavy atom. The predicted octanol–water partition coefficient (Wildman–Crippen LogP) is 2.11. The highest BCUT2D eigenvalue weighted by atomic mass is 16.3. The molecule has 27 heavy (non-hydrogen) atoms. The maximum absolute atomic E-state index is 13.2. The molecule has 6 heteroatoms. The van der Waals surface area contributed by atoms with Gasteiger partial charge in [0, 0.05) is 6.42 Å². The van der Waals surface area contributed by atoms with Gasteiger partial charge in [0.05, 0.1) is 10.9 Å². The summed E-state index contributed by atoms with van der Waals surface area (Å²) in [5, 5.41) is 14.5. The molecule has 1 amide bonds. The SMILES string of the molecule is CC(C)C1C(=O)NC(O)(Cc2ccccc2)c2nc3ccccc3c(=O)n21. The topological polar surface area (TPSA) is 84.2 Å². The van der Waals surface area contributed by atoms with E-state index in [-0.39, 0.29) is 29.6 Å². The van der Waals surface area contributed by atoms with Gasteiger partial charge in [-0.25, -0.2) is 4.98 Å². The average molecular weight is 363 g/mol. The normalized spacial score (nSPS) is 21.9. The first-order chi connectivity index (χ1) is 12.9. The van der Waals surface area contributed by atoms with E-state index in [4.69, 9.17) is 0 Å². The van der Waals surface area contributed by atoms with Crippen LogP contribution in [0.15, 0.2) is 59.4 Å². The van der Waals surface area contributed by atoms with Crippen molar-refractivity contribution in [1.82, 2.24) is 14.9 Å². The van der Waals surface area contributed by atoms with Gasteiger partial charge < -0.3 is 10.4 Å². The molecule has 0 fully saturated rings. The van der Waals surface area contributed by atoms with Crippen molar-refractivity contribution in [1.29, 1.82) is 0 Å². The molecule has 0 saturated carbocycles. The van der Waals surface area contributed by atoms with Gasteiger partial charge in [-0.1, -0.05) is 56.3 Å². The van der Waals surface area contributed by atoms with E-state index in [0.717, 1.165) is 5.56 Å². The third kappa shape index (κ3) is 2.82. The number of fused-ring (bicyclic) bond motifs is 2. The number of nitrogens with zero attached hydrogens (tertiary/aromatic N) is 2. The number of aromatic nitrogens is 2. The molecule has 6 nitrogen and oxygen atoms in total. The minimum Gasteiger partial charge on any atom is -0.364 e. The molecule has 1 aliphatic rings. The zero-order chi connectivity index (χ0) is 19.2. The van der Waals surface area contributed by atoms with Gasteiger partial charge in [0.1, 0.15) is 6.04 Å². The Hall–Kier alpha value is -2.99. The predicted molar refractivity (Wildman–Crippen MR) is 102 cm³/mol. The van der Waals surface area contributed by atoms with E-state index in [2.05, 4.69) is 10.3 Å². The monoisotopic (exact) mass is 363 g/mol. The second-order valence-electron chi connectivity index (χ2n) is 7.33. The summed E-state index contributed by atoms with van der Waals surface area (Å²) in [4.78, 5) is 30.6. The summed E-state index contributed by atoms with van der Waals surface area (Å²) < 4.78 is 1.37. The lowest BCUT2D eigenvalue weighted by Gasteiger charge is -2.39. The van der Waals surface area contributed by atoms with Crippen LogP contribution < -0.4 is 10.9 Å². The van der Waals surface area contributed by atoms with Crippen molar-refractivity contribution in [2.24, 2.45) is 5.92 Å². The summed E-state index contributed by atoms with van der Waals surface area (Å²) in [6.45, 7) is 3.74. The maximum Gasteiger partial charge on any atom is 0.262 e. The molecule has 3 aromatic rings. The molecule has 2 N–H and O–H groups in total. The van der Waals surface area contributed by atoms with Gasteiger partial charge in [-0.05, 0) is 23.6 Å². The molecule has 2 aromatic carbocycles. The molecule has 0 radical (unpaired) electrons. The maximum atomic E-state index is 13.2. The lowest BCUT2D eigenvalue weighted by molar-refractivity contribution is -0.140. The van der Waals surface area contributed by atoms with Gasteiger partial charge in [-0.2, -0.15) is 0 Å². The van der Waals surface area contributed by atoms with E-state index in [1.54, 1.807) is 24.3 Å². The summed E-state index contributed by atoms with van der Waals surface area (Å²) in [7, 11) is 0. The van der Waals surface area contributed by atoms with E-state index in [1.807, 2.05) is 44.2 Å². The smallest absolute Gasteiger partial charge is 0.262 e. The Morgan fingerprint density at radius 2 is 1.78 bits per heavy atom. The molecule has 2 heterocycles. The van der Waals surface area contributed by atoms with Crippen LogP contribution in [0.25, 0.3) is 10.9 Å². The molecule has 1 aliphatic heterocycles. The highest BCUT2D eigenvalue weighted by molar-refractivity contribution is 5.84. The lowest BCUT2D eigenvalue weighted by atomic mass is 9.93. The van der Waals surface area contributed by atoms with Crippen LogP contribution in [-0.2, 0) is 16.9 Å². The number of para-hydroxylation sites is 1. The summed E-state index contributed by atoms with van der Waals surface area (Å²) in [5.41, 5.74) is -0.737. The van der Waals surface area contributed by atoms with Crippen LogP contribution in [-0.4, -0.2) is 20.6 Å². The van der Waals surface area contributed by atoms with E-state index < -0.39 is 11.8 Å². The Kier molecular flexibility index (Phi) is 4.08. The fraction of sp³-hybridized carbons (Fsp3) is 0.286. The quantitative estimate of drug-likeness (QED) is 0.746. The zero-order valence-electron chi connectivity index (χ0n) is 15.2. The van der Waals surface area contributed by atoms with Crippen molar-refractivity contribution in [2.45, 2.75) is 32.0 Å². The number of benzene rings is 2. The average Bonchev–Trinajstić information content (AvgIpc) is 2.63. The first kappa shape index (κ1) is 17.4. The van der Waals surface area contributed by atoms with Crippen LogP contribution in [0.1, 0.15) is 31.3 Å². The number of nitrogens with one attached hydrogen (secondary N) is 1. The number of rotatable bonds is 3. The molecular weight excluding hydrogens is 342 g/mol. The zero-order valence-corrected chi connectivity index (χ0v) is 15.2. The van der Waals surface area contributed by atoms with Crippen LogP contribution in [0.5, 0.6) is 0 Å². The number of carbonyl (C=O) groups excluding carboxylic acids is 1. The standard InChI is InChI=1S/C21H21N3O3/c1-13(2)17-18(25)23-21(27,12-14-8-4-3-5-9-14)20-22-16-11-7-6-10-15(16)19(26)24(17)20/h3-11,13,17,27H,12H2,1-2H3,(H,23,25). The second-order valence-corrected chi connectivity index (χ2v) is 7.33. The number of hydrogen-bond donors (Lipinski definition) is 2. The molecule has 0 bridgehead atoms. The minimum absolute atomic E-state index is 0.120. The molecule has 1 aromatic heterocycles. The van der Waals surface area contributed by atoms with Crippen LogP contribution in [0.2, 0.25) is 0 Å². The third-order valence-electron chi connectivity index (χ3n) is 4.99. The highest BCUT2D eigenvalue weighted by Crippen LogP contribution is 2.32. The number of aliphatic hydroxyl groups is 1. The number of hydrogen-bond acceptors (Lipinski definition) is 4. The molecule has 0 saturated heterocycles. The molecular formula is C21H21N3O3. The van der Waals surface area contributed by atoms with Crippen molar-refractivity contribution in [3.8, 4) is 0 Å². The molecule has 2 atom stereocenters. The lowest BCUT2D eigenvalue weighted by Crippen LogP contribution is -2.59. The van der Waals surface area contributed by atoms with E-state index in [1.165, 1.54) is 4.57 Å². The van der Waals surface area contributed by atoms with Crippen molar-refractivity contribution in [3.05, 3.63) is 76.3 Å². The summed E-state index contributed by atoms with van der Waals surface area (Å²) in [6.07, 6.45) is 0.120. The summed E-state index contributed by atoms with van der Waals surface area (Å²) in [5.74, 6) is -0.339. The van der Waals surface area contributed by atoms with E-state index >= 15 is 0 Å². The first-order valence-electron chi connectivity index (χ1n) is 9.01. The minimum atomic E-state index is -1.76. The Balaban J connectivity index is 1.99. The van der Waals surface area contributed by atoms with Gasteiger partial charge in [0.2, 0.25) is 11.6 Å². The number of amides is 1. The largest absolute Gasteiger partial charge is 0.364 e. The van der Waals surface area contributed by atoms with Crippen LogP contribution >= 0.6 is 0 Å². The van der Waals surface area contributed by atoms with Crippen LogP contribution in [0.3, 0.4) is 0 Å². The fourth-order valence-corrected chi connectivity index (χ4v) is 3.76. The van der Waals surface area contributed by atoms with Gasteiger partial charge in [-0.15, -0.1) is 0 Å². The van der Waals surface area contributed by atoms with Crippen molar-refractivity contribution in [2.75, 3.05) is 0 Å². The Labute approximate surface area is 156 Å². The molecule has 4 rings (SSSR count). The molecule has 0 aliphatic carbocycles. The fourth-order valence-electron chi connectivity index (χ4n) is 3.76. The van der Waals surface area contributed by atoms with Crippen molar-refractivity contribution >= 4 is 16.8 Å². The third-order valence-corrected chi connectivity index (χ3v) is 4.99. The van der Waals surface area contributed by atoms with Crippen LogP contribution in [0.4, 0.5) is 0 Å². The summed E-state index contributed by atoms with van der Waals surface area (Å²) >= 11 is 0. The van der Waals surface area contributed by atoms with Crippen molar-refractivity contribution in [3.63, 3.8) is 0 Å². The molecule has 138 valence electrons. The Morgan fingerprint density at radius 1 is 1.11 bits per heavy atom. The van der Waals surface area contributed by atoms with Gasteiger partial charge >= 0.3 is 0 Å².